The first-order valence-electron chi connectivity index (χ1n) is 3.52. The number of carbonyl (C=O) groups is 1. The van der Waals surface area contributed by atoms with Crippen molar-refractivity contribution in [2.24, 2.45) is 0 Å². The van der Waals surface area contributed by atoms with E-state index in [9.17, 15) is 4.79 Å². The van der Waals surface area contributed by atoms with E-state index in [1.54, 1.807) is 11.6 Å². The lowest BCUT2D eigenvalue weighted by atomic mass is 10.3. The molecule has 0 atom stereocenters. The van der Waals surface area contributed by atoms with Gasteiger partial charge in [-0.3, -0.25) is 4.79 Å². The molecule has 0 aliphatic rings. The molecule has 1 rings (SSSR count). The van der Waals surface area contributed by atoms with Crippen molar-refractivity contribution in [3.05, 3.63) is 28.7 Å². The van der Waals surface area contributed by atoms with E-state index < -0.39 is 0 Å². The summed E-state index contributed by atoms with van der Waals surface area (Å²) in [5.74, 6) is -0.131. The van der Waals surface area contributed by atoms with Crippen LogP contribution in [0.15, 0.2) is 23.7 Å². The van der Waals surface area contributed by atoms with Gasteiger partial charge in [-0.05, 0) is 6.92 Å². The third-order valence-electron chi connectivity index (χ3n) is 1.18. The normalized spacial score (nSPS) is 9.42. The molecule has 12 heavy (non-hydrogen) atoms. The lowest BCUT2D eigenvalue weighted by Gasteiger charge is -2.00. The van der Waals surface area contributed by atoms with E-state index >= 15 is 0 Å². The fraction of sp³-hybridized carbons (Fsp3) is 0.250. The number of hydrogen-bond donors (Lipinski definition) is 1. The second kappa shape index (κ2) is 4.01. The van der Waals surface area contributed by atoms with Gasteiger partial charge in [0.25, 0.3) is 5.91 Å². The van der Waals surface area contributed by atoms with Gasteiger partial charge < -0.3 is 5.32 Å². The van der Waals surface area contributed by atoms with Crippen molar-refractivity contribution in [1.29, 1.82) is 0 Å². The molecule has 0 bridgehead atoms. The van der Waals surface area contributed by atoms with E-state index in [2.05, 4.69) is 16.9 Å². The number of nitrogens with zero attached hydrogens (tertiary/aromatic N) is 1. The topological polar surface area (TPSA) is 42.0 Å². The molecule has 1 N–H and O–H groups in total. The highest BCUT2D eigenvalue weighted by molar-refractivity contribution is 7.11. The largest absolute Gasteiger partial charge is 0.346 e. The average molecular weight is 182 g/mol. The number of rotatable bonds is 3. The summed E-state index contributed by atoms with van der Waals surface area (Å²) >= 11 is 1.33. The van der Waals surface area contributed by atoms with Gasteiger partial charge >= 0.3 is 0 Å². The van der Waals surface area contributed by atoms with Crippen LogP contribution < -0.4 is 5.32 Å². The van der Waals surface area contributed by atoms with Crippen molar-refractivity contribution < 1.29 is 4.79 Å². The second-order valence-corrected chi connectivity index (χ2v) is 3.37. The molecule has 0 spiro atoms. The molecule has 1 amide bonds. The molecule has 0 saturated heterocycles. The fourth-order valence-corrected chi connectivity index (χ4v) is 1.19. The third-order valence-corrected chi connectivity index (χ3v) is 1.95. The predicted molar refractivity (Wildman–Crippen MR) is 49.3 cm³/mol. The van der Waals surface area contributed by atoms with Gasteiger partial charge in [-0.2, -0.15) is 0 Å². The summed E-state index contributed by atoms with van der Waals surface area (Å²) in [6, 6.07) is 0. The minimum absolute atomic E-state index is 0.131. The van der Waals surface area contributed by atoms with Crippen molar-refractivity contribution >= 4 is 17.2 Å². The Morgan fingerprint density at radius 3 is 3.08 bits per heavy atom. The minimum atomic E-state index is -0.131. The number of nitrogens with one attached hydrogen (secondary N) is 1. The van der Waals surface area contributed by atoms with Crippen LogP contribution in [-0.2, 0) is 0 Å². The molecule has 0 unspecified atom stereocenters. The highest BCUT2D eigenvalue weighted by atomic mass is 32.1. The van der Waals surface area contributed by atoms with Crippen LogP contribution >= 0.6 is 11.3 Å². The van der Waals surface area contributed by atoms with Gasteiger partial charge in [0.15, 0.2) is 5.01 Å². The molecule has 0 aromatic carbocycles. The van der Waals surface area contributed by atoms with Gasteiger partial charge in [-0.15, -0.1) is 11.3 Å². The molecule has 0 aliphatic carbocycles. The lowest BCUT2D eigenvalue weighted by Crippen LogP contribution is -2.24. The summed E-state index contributed by atoms with van der Waals surface area (Å²) in [4.78, 5) is 15.1. The van der Waals surface area contributed by atoms with E-state index in [4.69, 9.17) is 0 Å². The maximum atomic E-state index is 11.2. The summed E-state index contributed by atoms with van der Waals surface area (Å²) in [6.45, 7) is 6.05. The first-order valence-corrected chi connectivity index (χ1v) is 4.40. The molecule has 1 aromatic heterocycles. The SMILES string of the molecule is C=C(C)CNC(=O)c1nccs1. The average Bonchev–Trinajstić information content (AvgIpc) is 2.51. The number of hydrogen-bond acceptors (Lipinski definition) is 3. The molecular weight excluding hydrogens is 172 g/mol. The molecule has 1 aromatic rings. The standard InChI is InChI=1S/C8H10N2OS/c1-6(2)5-10-7(11)8-9-3-4-12-8/h3-4H,1,5H2,2H3,(H,10,11). The van der Waals surface area contributed by atoms with Crippen LogP contribution in [0.1, 0.15) is 16.7 Å². The van der Waals surface area contributed by atoms with E-state index in [0.717, 1.165) is 5.57 Å². The van der Waals surface area contributed by atoms with Crippen LogP contribution in [0.2, 0.25) is 0 Å². The molecule has 3 nitrogen and oxygen atoms in total. The number of thiazole rings is 1. The molecule has 0 aliphatic heterocycles. The number of carbonyl (C=O) groups excluding carboxylic acids is 1. The molecule has 0 radical (unpaired) electrons. The Labute approximate surface area is 75.1 Å². The zero-order valence-corrected chi connectivity index (χ0v) is 7.65. The van der Waals surface area contributed by atoms with Crippen molar-refractivity contribution in [2.45, 2.75) is 6.92 Å². The zero-order valence-electron chi connectivity index (χ0n) is 6.83. The van der Waals surface area contributed by atoms with E-state index in [1.807, 2.05) is 6.92 Å². The molecule has 0 saturated carbocycles. The maximum absolute atomic E-state index is 11.2. The zero-order chi connectivity index (χ0) is 8.97. The Kier molecular flexibility index (Phi) is 2.99. The first-order chi connectivity index (χ1) is 5.70. The van der Waals surface area contributed by atoms with Crippen molar-refractivity contribution in [2.75, 3.05) is 6.54 Å². The third kappa shape index (κ3) is 2.47. The van der Waals surface area contributed by atoms with Gasteiger partial charge in [0.05, 0.1) is 0 Å². The van der Waals surface area contributed by atoms with E-state index in [-0.39, 0.29) is 5.91 Å². The molecule has 4 heteroatoms. The number of aromatic nitrogens is 1. The summed E-state index contributed by atoms with van der Waals surface area (Å²) in [5, 5.41) is 4.96. The van der Waals surface area contributed by atoms with E-state index in [0.29, 0.717) is 11.6 Å². The monoisotopic (exact) mass is 182 g/mol. The van der Waals surface area contributed by atoms with Crippen LogP contribution in [-0.4, -0.2) is 17.4 Å². The molecule has 0 fully saturated rings. The Hall–Kier alpha value is -1.16. The maximum Gasteiger partial charge on any atom is 0.280 e. The van der Waals surface area contributed by atoms with Gasteiger partial charge in [0.2, 0.25) is 0 Å². The van der Waals surface area contributed by atoms with Crippen LogP contribution in [0, 0.1) is 0 Å². The van der Waals surface area contributed by atoms with Crippen LogP contribution in [0.5, 0.6) is 0 Å². The Balaban J connectivity index is 2.45. The number of amides is 1. The van der Waals surface area contributed by atoms with Crippen molar-refractivity contribution in [1.82, 2.24) is 10.3 Å². The van der Waals surface area contributed by atoms with Crippen molar-refractivity contribution in [3.63, 3.8) is 0 Å². The predicted octanol–water partition coefficient (Wildman–Crippen LogP) is 1.45. The van der Waals surface area contributed by atoms with Gasteiger partial charge in [-0.25, -0.2) is 4.98 Å². The quantitative estimate of drug-likeness (QED) is 0.719. The Morgan fingerprint density at radius 1 is 1.83 bits per heavy atom. The highest BCUT2D eigenvalue weighted by Crippen LogP contribution is 2.02. The molecular formula is C8H10N2OS. The van der Waals surface area contributed by atoms with Crippen molar-refractivity contribution in [3.8, 4) is 0 Å². The summed E-state index contributed by atoms with van der Waals surface area (Å²) in [6.07, 6.45) is 1.61. The Bertz CT molecular complexity index is 279. The Morgan fingerprint density at radius 2 is 2.58 bits per heavy atom. The van der Waals surface area contributed by atoms with Crippen LogP contribution in [0.3, 0.4) is 0 Å². The van der Waals surface area contributed by atoms with E-state index in [1.165, 1.54) is 11.3 Å². The minimum Gasteiger partial charge on any atom is -0.346 e. The van der Waals surface area contributed by atoms with Gasteiger partial charge in [0.1, 0.15) is 0 Å². The first kappa shape index (κ1) is 8.93. The van der Waals surface area contributed by atoms with Crippen LogP contribution in [0.25, 0.3) is 0 Å². The summed E-state index contributed by atoms with van der Waals surface area (Å²) in [7, 11) is 0. The molecule has 64 valence electrons. The summed E-state index contributed by atoms with van der Waals surface area (Å²) in [5.41, 5.74) is 0.930. The van der Waals surface area contributed by atoms with Gasteiger partial charge in [0, 0.05) is 18.1 Å². The second-order valence-electron chi connectivity index (χ2n) is 2.48. The van der Waals surface area contributed by atoms with Crippen LogP contribution in [0.4, 0.5) is 0 Å². The molecule has 1 heterocycles. The fourth-order valence-electron chi connectivity index (χ4n) is 0.642. The smallest absolute Gasteiger partial charge is 0.280 e. The highest BCUT2D eigenvalue weighted by Gasteiger charge is 2.05. The summed E-state index contributed by atoms with van der Waals surface area (Å²) < 4.78 is 0. The van der Waals surface area contributed by atoms with Gasteiger partial charge in [-0.1, -0.05) is 12.2 Å². The lowest BCUT2D eigenvalue weighted by molar-refractivity contribution is 0.0956.